The Balaban J connectivity index is 1.75. The highest BCUT2D eigenvalue weighted by molar-refractivity contribution is 9.10. The van der Waals surface area contributed by atoms with Gasteiger partial charge in [0.25, 0.3) is 5.91 Å². The highest BCUT2D eigenvalue weighted by Crippen LogP contribution is 2.38. The van der Waals surface area contributed by atoms with Crippen LogP contribution in [0.15, 0.2) is 77.3 Å². The van der Waals surface area contributed by atoms with Gasteiger partial charge in [-0.25, -0.2) is 4.98 Å². The van der Waals surface area contributed by atoms with Crippen LogP contribution in [-0.2, 0) is 19.3 Å². The van der Waals surface area contributed by atoms with Gasteiger partial charge in [0.05, 0.1) is 23.5 Å². The Morgan fingerprint density at radius 2 is 1.60 bits per heavy atom. The van der Waals surface area contributed by atoms with Crippen molar-refractivity contribution in [3.05, 3.63) is 110 Å². The Labute approximate surface area is 271 Å². The number of halogens is 6. The molecule has 0 saturated carbocycles. The summed E-state index contributed by atoms with van der Waals surface area (Å²) in [6.07, 6.45) is -3.60. The minimum atomic E-state index is -4.49. The fraction of sp³-hybridized carbons (Fsp3) is 0.194. The van der Waals surface area contributed by atoms with Gasteiger partial charge in [-0.05, 0) is 78.8 Å². The summed E-state index contributed by atoms with van der Waals surface area (Å²) in [5.74, 6) is -0.532. The summed E-state index contributed by atoms with van der Waals surface area (Å²) in [6.45, 7) is 3.02. The Morgan fingerprint density at radius 1 is 0.907 bits per heavy atom. The van der Waals surface area contributed by atoms with Gasteiger partial charge < -0.3 is 16.0 Å². The van der Waals surface area contributed by atoms with Crippen LogP contribution in [0.25, 0.3) is 22.4 Å². The van der Waals surface area contributed by atoms with Crippen LogP contribution < -0.4 is 16.0 Å². The molecule has 0 atom stereocenters. The van der Waals surface area contributed by atoms with Crippen LogP contribution in [0.5, 0.6) is 0 Å². The fourth-order valence-corrected chi connectivity index (χ4v) is 5.14. The summed E-state index contributed by atoms with van der Waals surface area (Å²) in [7, 11) is 0. The average molecular weight is 710 g/mol. The smallest absolute Gasteiger partial charge is 0.363 e. The lowest BCUT2D eigenvalue weighted by molar-refractivity contribution is -0.137. The molecule has 5 nitrogen and oxygen atoms in total. The number of nitrogens with zero attached hydrogens (tertiary/aromatic N) is 1. The van der Waals surface area contributed by atoms with E-state index in [0.717, 1.165) is 40.7 Å². The lowest BCUT2D eigenvalue weighted by atomic mass is 9.96. The predicted octanol–water partition coefficient (Wildman–Crippen LogP) is 8.81. The van der Waals surface area contributed by atoms with Gasteiger partial charge in [0.15, 0.2) is 5.11 Å². The number of hydrogen-bond acceptors (Lipinski definition) is 3. The van der Waals surface area contributed by atoms with Gasteiger partial charge in [-0.15, -0.1) is 0 Å². The van der Waals surface area contributed by atoms with Crippen molar-refractivity contribution in [2.24, 2.45) is 0 Å². The Morgan fingerprint density at radius 3 is 2.23 bits per heavy atom. The number of benzene rings is 3. The fourth-order valence-electron chi connectivity index (χ4n) is 4.19. The maximum Gasteiger partial charge on any atom is 0.416 e. The number of alkyl halides is 3. The van der Waals surface area contributed by atoms with Gasteiger partial charge in [0.2, 0.25) is 0 Å². The number of pyridine rings is 1. The number of amides is 1. The first kappa shape index (κ1) is 32.7. The van der Waals surface area contributed by atoms with E-state index in [0.29, 0.717) is 49.8 Å². The quantitative estimate of drug-likeness (QED) is 0.152. The van der Waals surface area contributed by atoms with Crippen LogP contribution in [0.4, 0.5) is 13.2 Å². The second-order valence-corrected chi connectivity index (χ2v) is 11.7. The van der Waals surface area contributed by atoms with Crippen molar-refractivity contribution in [1.82, 2.24) is 20.9 Å². The van der Waals surface area contributed by atoms with Gasteiger partial charge in [-0.1, -0.05) is 64.3 Å². The second kappa shape index (κ2) is 14.5. The Hall–Kier alpha value is -3.18. The van der Waals surface area contributed by atoms with Gasteiger partial charge in [-0.2, -0.15) is 13.2 Å². The zero-order valence-corrected chi connectivity index (χ0v) is 26.7. The molecule has 1 heterocycles. The molecule has 0 bridgehead atoms. The average Bonchev–Trinajstić information content (AvgIpc) is 2.98. The standard InChI is InChI=1S/C31H26BrCl2F3N4OS/c1-2-13-38-30(43)40-17-27-20(16-39-29(42)19-3-7-21(8-4-19)31(35,36)37)14-25(24-12-11-23(33)15-26(24)34)28(41-27)18-5-9-22(32)10-6-18/h3-12,14-15H,2,13,16-17H2,1H3,(H,39,42)(H2,38,40,43). The van der Waals surface area contributed by atoms with Gasteiger partial charge in [0, 0.05) is 49.9 Å². The molecule has 1 aromatic heterocycles. The topological polar surface area (TPSA) is 66.1 Å². The van der Waals surface area contributed by atoms with Crippen molar-refractivity contribution >= 4 is 62.4 Å². The Kier molecular flexibility index (Phi) is 11.1. The molecule has 3 aromatic carbocycles. The number of carbonyl (C=O) groups excluding carboxylic acids is 1. The minimum absolute atomic E-state index is 0.0395. The molecule has 4 aromatic rings. The summed E-state index contributed by atoms with van der Waals surface area (Å²) in [5, 5.41) is 10.4. The van der Waals surface area contributed by atoms with Crippen LogP contribution in [0.1, 0.15) is 40.5 Å². The second-order valence-electron chi connectivity index (χ2n) is 9.49. The number of aromatic nitrogens is 1. The van der Waals surface area contributed by atoms with E-state index in [-0.39, 0.29) is 18.7 Å². The molecule has 0 radical (unpaired) electrons. The lowest BCUT2D eigenvalue weighted by Gasteiger charge is -2.19. The van der Waals surface area contributed by atoms with Crippen molar-refractivity contribution in [3.63, 3.8) is 0 Å². The first-order chi connectivity index (χ1) is 20.5. The van der Waals surface area contributed by atoms with E-state index in [1.807, 2.05) is 37.3 Å². The first-order valence-corrected chi connectivity index (χ1v) is 15.1. The van der Waals surface area contributed by atoms with Crippen LogP contribution >= 0.6 is 51.3 Å². The van der Waals surface area contributed by atoms with E-state index in [1.54, 1.807) is 18.2 Å². The van der Waals surface area contributed by atoms with Crippen LogP contribution in [-0.4, -0.2) is 22.5 Å². The number of carbonyl (C=O) groups is 1. The van der Waals surface area contributed by atoms with Crippen molar-refractivity contribution in [1.29, 1.82) is 0 Å². The van der Waals surface area contributed by atoms with E-state index in [4.69, 9.17) is 40.4 Å². The van der Waals surface area contributed by atoms with Crippen molar-refractivity contribution in [2.75, 3.05) is 6.54 Å². The highest BCUT2D eigenvalue weighted by atomic mass is 79.9. The molecule has 4 rings (SSSR count). The Bertz CT molecular complexity index is 1620. The molecule has 0 aliphatic carbocycles. The zero-order valence-electron chi connectivity index (χ0n) is 22.8. The third-order valence-corrected chi connectivity index (χ3v) is 7.76. The summed E-state index contributed by atoms with van der Waals surface area (Å²) >= 11 is 21.7. The number of nitrogens with one attached hydrogen (secondary N) is 3. The molecule has 0 fully saturated rings. The van der Waals surface area contributed by atoms with Crippen LogP contribution in [0.2, 0.25) is 10.0 Å². The molecule has 12 heteroatoms. The maximum atomic E-state index is 13.0. The summed E-state index contributed by atoms with van der Waals surface area (Å²) < 4.78 is 39.9. The number of thiocarbonyl (C=S) groups is 1. The molecular formula is C31H26BrCl2F3N4OS. The maximum absolute atomic E-state index is 13.0. The molecule has 3 N–H and O–H groups in total. The van der Waals surface area contributed by atoms with Crippen molar-refractivity contribution in [2.45, 2.75) is 32.6 Å². The first-order valence-electron chi connectivity index (χ1n) is 13.2. The van der Waals surface area contributed by atoms with Crippen LogP contribution in [0, 0.1) is 0 Å². The van der Waals surface area contributed by atoms with Gasteiger partial charge in [0.1, 0.15) is 0 Å². The van der Waals surface area contributed by atoms with Gasteiger partial charge in [-0.3, -0.25) is 4.79 Å². The monoisotopic (exact) mass is 708 g/mol. The molecule has 224 valence electrons. The number of rotatable bonds is 9. The molecule has 0 spiro atoms. The molecule has 0 aliphatic rings. The molecule has 0 aliphatic heterocycles. The summed E-state index contributed by atoms with van der Waals surface area (Å²) in [5.41, 5.74) is 3.41. The molecule has 0 unspecified atom stereocenters. The minimum Gasteiger partial charge on any atom is -0.363 e. The van der Waals surface area contributed by atoms with E-state index < -0.39 is 17.6 Å². The van der Waals surface area contributed by atoms with Gasteiger partial charge >= 0.3 is 6.18 Å². The molecule has 43 heavy (non-hydrogen) atoms. The third-order valence-electron chi connectivity index (χ3n) is 6.40. The van der Waals surface area contributed by atoms with E-state index in [2.05, 4.69) is 31.9 Å². The molecule has 0 saturated heterocycles. The van der Waals surface area contributed by atoms with Crippen LogP contribution in [0.3, 0.4) is 0 Å². The third kappa shape index (κ3) is 8.69. The van der Waals surface area contributed by atoms with Crippen molar-refractivity contribution in [3.8, 4) is 22.4 Å². The zero-order chi connectivity index (χ0) is 31.1. The SMILES string of the molecule is CCCNC(=S)NCc1nc(-c2ccc(Br)cc2)c(-c2ccc(Cl)cc2Cl)cc1CNC(=O)c1ccc(C(F)(F)F)cc1. The normalized spacial score (nSPS) is 11.2. The van der Waals surface area contributed by atoms with E-state index in [1.165, 1.54) is 0 Å². The molecular weight excluding hydrogens is 684 g/mol. The summed E-state index contributed by atoms with van der Waals surface area (Å²) in [4.78, 5) is 18.0. The predicted molar refractivity (Wildman–Crippen MR) is 173 cm³/mol. The summed E-state index contributed by atoms with van der Waals surface area (Å²) in [6, 6.07) is 18.8. The van der Waals surface area contributed by atoms with Crippen molar-refractivity contribution < 1.29 is 18.0 Å². The van der Waals surface area contributed by atoms with E-state index >= 15 is 0 Å². The van der Waals surface area contributed by atoms with E-state index in [9.17, 15) is 18.0 Å². The lowest BCUT2D eigenvalue weighted by Crippen LogP contribution is -2.35. The highest BCUT2D eigenvalue weighted by Gasteiger charge is 2.30. The number of hydrogen-bond donors (Lipinski definition) is 3. The molecule has 1 amide bonds. The largest absolute Gasteiger partial charge is 0.416 e.